The summed E-state index contributed by atoms with van der Waals surface area (Å²) in [6.07, 6.45) is 0.284. The number of methoxy groups -OCH3 is 1. The van der Waals surface area contributed by atoms with Gasteiger partial charge in [0.1, 0.15) is 12.1 Å². The van der Waals surface area contributed by atoms with Gasteiger partial charge in [-0.05, 0) is 32.3 Å². The molecule has 0 bridgehead atoms. The van der Waals surface area contributed by atoms with Crippen LogP contribution in [0.5, 0.6) is 0 Å². The Morgan fingerprint density at radius 1 is 1.20 bits per heavy atom. The summed E-state index contributed by atoms with van der Waals surface area (Å²) in [6, 6.07) is 7.36. The second kappa shape index (κ2) is 8.50. The van der Waals surface area contributed by atoms with Crippen LogP contribution in [0.3, 0.4) is 0 Å². The zero-order chi connectivity index (χ0) is 18.4. The largest absolute Gasteiger partial charge is 0.467 e. The topological polar surface area (TPSA) is 84.9 Å². The van der Waals surface area contributed by atoms with Crippen molar-refractivity contribution < 1.29 is 23.9 Å². The van der Waals surface area contributed by atoms with Gasteiger partial charge in [-0.3, -0.25) is 4.79 Å². The van der Waals surface area contributed by atoms with E-state index in [1.165, 1.54) is 12.0 Å². The second-order valence-electron chi connectivity index (χ2n) is 6.15. The predicted octanol–water partition coefficient (Wildman–Crippen LogP) is 2.03. The lowest BCUT2D eigenvalue weighted by Crippen LogP contribution is -2.47. The molecule has 0 radical (unpaired) electrons. The van der Waals surface area contributed by atoms with Crippen LogP contribution in [-0.2, 0) is 19.1 Å². The van der Waals surface area contributed by atoms with Gasteiger partial charge in [0.2, 0.25) is 0 Å². The van der Waals surface area contributed by atoms with Gasteiger partial charge < -0.3 is 19.7 Å². The number of alkyl carbamates (subject to hydrolysis) is 1. The fourth-order valence-electron chi connectivity index (χ4n) is 2.88. The lowest BCUT2D eigenvalue weighted by atomic mass is 10.1. The summed E-state index contributed by atoms with van der Waals surface area (Å²) in [7, 11) is 1.30. The van der Waals surface area contributed by atoms with Gasteiger partial charge in [0, 0.05) is 6.54 Å². The third-order valence-electron chi connectivity index (χ3n) is 3.99. The second-order valence-corrected chi connectivity index (χ2v) is 6.15. The molecule has 1 N–H and O–H groups in total. The van der Waals surface area contributed by atoms with Crippen molar-refractivity contribution in [2.45, 2.75) is 44.9 Å². The summed E-state index contributed by atoms with van der Waals surface area (Å²) in [6.45, 7) is 3.90. The molecule has 1 aromatic carbocycles. The number of hydrogen-bond acceptors (Lipinski definition) is 5. The normalized spacial score (nSPS) is 17.9. The maximum absolute atomic E-state index is 13.0. The van der Waals surface area contributed by atoms with E-state index in [0.717, 1.165) is 0 Å². The highest BCUT2D eigenvalue weighted by molar-refractivity contribution is 5.91. The number of rotatable bonds is 5. The van der Waals surface area contributed by atoms with Crippen LogP contribution >= 0.6 is 0 Å². The van der Waals surface area contributed by atoms with E-state index in [1.807, 2.05) is 6.07 Å². The quantitative estimate of drug-likeness (QED) is 0.823. The average molecular weight is 348 g/mol. The zero-order valence-electron chi connectivity index (χ0n) is 14.7. The Balaban J connectivity index is 2.23. The van der Waals surface area contributed by atoms with Crippen LogP contribution in [0.4, 0.5) is 4.79 Å². The first-order valence-electron chi connectivity index (χ1n) is 8.34. The number of amides is 2. The minimum absolute atomic E-state index is 0.305. The van der Waals surface area contributed by atoms with Crippen molar-refractivity contribution in [3.05, 3.63) is 35.9 Å². The Labute approximate surface area is 147 Å². The Morgan fingerprint density at radius 2 is 1.88 bits per heavy atom. The first-order chi connectivity index (χ1) is 11.9. The van der Waals surface area contributed by atoms with Gasteiger partial charge in [0.05, 0.1) is 13.2 Å². The number of ether oxygens (including phenoxy) is 2. The number of carbonyl (C=O) groups excluding carboxylic acids is 3. The molecule has 2 atom stereocenters. The Hall–Kier alpha value is -2.57. The van der Waals surface area contributed by atoms with E-state index in [0.29, 0.717) is 24.9 Å². The van der Waals surface area contributed by atoms with Crippen molar-refractivity contribution in [3.8, 4) is 0 Å². The summed E-state index contributed by atoms with van der Waals surface area (Å²) < 4.78 is 9.89. The number of hydrogen-bond donors (Lipinski definition) is 1. The summed E-state index contributed by atoms with van der Waals surface area (Å²) >= 11 is 0. The lowest BCUT2D eigenvalue weighted by Gasteiger charge is -2.28. The molecule has 136 valence electrons. The molecule has 25 heavy (non-hydrogen) atoms. The van der Waals surface area contributed by atoms with Gasteiger partial charge in [-0.15, -0.1) is 0 Å². The van der Waals surface area contributed by atoms with Crippen LogP contribution in [0.1, 0.15) is 38.3 Å². The number of esters is 1. The van der Waals surface area contributed by atoms with Crippen LogP contribution in [0, 0.1) is 0 Å². The van der Waals surface area contributed by atoms with Gasteiger partial charge in [-0.25, -0.2) is 9.59 Å². The van der Waals surface area contributed by atoms with E-state index in [9.17, 15) is 14.4 Å². The highest BCUT2D eigenvalue weighted by Crippen LogP contribution is 2.24. The van der Waals surface area contributed by atoms with Crippen LogP contribution < -0.4 is 5.32 Å². The molecule has 7 nitrogen and oxygen atoms in total. The Kier molecular flexibility index (Phi) is 6.38. The molecule has 1 aliphatic rings. The molecule has 1 heterocycles. The van der Waals surface area contributed by atoms with Crippen molar-refractivity contribution in [1.29, 1.82) is 0 Å². The van der Waals surface area contributed by atoms with Gasteiger partial charge in [0.15, 0.2) is 0 Å². The molecule has 1 aliphatic heterocycles. The van der Waals surface area contributed by atoms with Gasteiger partial charge in [-0.1, -0.05) is 30.3 Å². The molecule has 0 aliphatic carbocycles. The van der Waals surface area contributed by atoms with Crippen LogP contribution in [0.25, 0.3) is 0 Å². The molecule has 7 heteroatoms. The molecule has 2 rings (SSSR count). The first-order valence-corrected chi connectivity index (χ1v) is 8.34. The summed E-state index contributed by atoms with van der Waals surface area (Å²) in [5.74, 6) is -0.790. The number of carbonyl (C=O) groups is 3. The van der Waals surface area contributed by atoms with Crippen LogP contribution in [-0.4, -0.2) is 48.7 Å². The predicted molar refractivity (Wildman–Crippen MR) is 90.7 cm³/mol. The van der Waals surface area contributed by atoms with Crippen molar-refractivity contribution in [3.63, 3.8) is 0 Å². The molecule has 0 saturated carbocycles. The molecule has 1 saturated heterocycles. The summed E-state index contributed by atoms with van der Waals surface area (Å²) in [5.41, 5.74) is 0.628. The number of nitrogens with zero attached hydrogens (tertiary/aromatic N) is 1. The van der Waals surface area contributed by atoms with E-state index in [-0.39, 0.29) is 12.0 Å². The fourth-order valence-corrected chi connectivity index (χ4v) is 2.88. The smallest absolute Gasteiger partial charge is 0.408 e. The molecular weight excluding hydrogens is 324 g/mol. The van der Waals surface area contributed by atoms with Crippen LogP contribution in [0.15, 0.2) is 30.3 Å². The summed E-state index contributed by atoms with van der Waals surface area (Å²) in [5, 5.41) is 2.61. The van der Waals surface area contributed by atoms with E-state index in [2.05, 4.69) is 5.32 Å². The van der Waals surface area contributed by atoms with Crippen molar-refractivity contribution in [2.75, 3.05) is 13.7 Å². The highest BCUT2D eigenvalue weighted by atomic mass is 16.6. The highest BCUT2D eigenvalue weighted by Gasteiger charge is 2.39. The van der Waals surface area contributed by atoms with E-state index < -0.39 is 24.1 Å². The molecule has 0 aromatic heterocycles. The third kappa shape index (κ3) is 4.71. The molecular formula is C18H24N2O5. The van der Waals surface area contributed by atoms with E-state index in [4.69, 9.17) is 9.47 Å². The van der Waals surface area contributed by atoms with E-state index >= 15 is 0 Å². The minimum atomic E-state index is -0.919. The van der Waals surface area contributed by atoms with Crippen molar-refractivity contribution in [1.82, 2.24) is 10.2 Å². The Bertz CT molecular complexity index is 617. The van der Waals surface area contributed by atoms with Crippen molar-refractivity contribution in [2.24, 2.45) is 0 Å². The van der Waals surface area contributed by atoms with E-state index in [1.54, 1.807) is 38.1 Å². The first kappa shape index (κ1) is 18.8. The number of benzene rings is 1. The molecule has 2 unspecified atom stereocenters. The third-order valence-corrected chi connectivity index (χ3v) is 3.99. The van der Waals surface area contributed by atoms with Crippen molar-refractivity contribution >= 4 is 18.0 Å². The maximum atomic E-state index is 13.0. The average Bonchev–Trinajstić information content (AvgIpc) is 3.08. The lowest BCUT2D eigenvalue weighted by molar-refractivity contribution is -0.151. The Morgan fingerprint density at radius 3 is 2.48 bits per heavy atom. The molecule has 1 fully saturated rings. The summed E-state index contributed by atoms with van der Waals surface area (Å²) in [4.78, 5) is 38.5. The van der Waals surface area contributed by atoms with Gasteiger partial charge in [-0.2, -0.15) is 0 Å². The van der Waals surface area contributed by atoms with Gasteiger partial charge in [0.25, 0.3) is 5.91 Å². The van der Waals surface area contributed by atoms with Crippen LogP contribution in [0.2, 0.25) is 0 Å². The number of likely N-dealkylation sites (tertiary alicyclic amines) is 1. The number of nitrogens with one attached hydrogen (secondary N) is 1. The maximum Gasteiger partial charge on any atom is 0.408 e. The SMILES string of the molecule is COC(=O)C1CCCN1C(=O)C(NC(=O)OC(C)C)c1ccccc1. The molecule has 0 spiro atoms. The van der Waals surface area contributed by atoms with Gasteiger partial charge >= 0.3 is 12.1 Å². The molecule has 2 amide bonds. The monoisotopic (exact) mass is 348 g/mol. The standard InChI is InChI=1S/C18H24N2O5/c1-12(2)25-18(23)19-15(13-8-5-4-6-9-13)16(21)20-11-7-10-14(20)17(22)24-3/h4-6,8-9,12,14-15H,7,10-11H2,1-3H3,(H,19,23). The fraction of sp³-hybridized carbons (Fsp3) is 0.500. The zero-order valence-corrected chi connectivity index (χ0v) is 14.7. The minimum Gasteiger partial charge on any atom is -0.467 e. The molecule has 1 aromatic rings.